The second-order valence-corrected chi connectivity index (χ2v) is 4.20. The lowest BCUT2D eigenvalue weighted by molar-refractivity contribution is 0.965. The van der Waals surface area contributed by atoms with E-state index >= 15 is 0 Å². The Bertz CT molecular complexity index is 473. The molecule has 1 N–H and O–H groups in total. The Balaban J connectivity index is 2.24. The van der Waals surface area contributed by atoms with E-state index in [2.05, 4.69) is 20.3 Å². The van der Waals surface area contributed by atoms with Crippen LogP contribution >= 0.6 is 11.8 Å². The number of aromatic nitrogens is 3. The Morgan fingerprint density at radius 1 is 1.19 bits per heavy atom. The summed E-state index contributed by atoms with van der Waals surface area (Å²) in [4.78, 5) is 12.8. The Kier molecular flexibility index (Phi) is 3.36. The van der Waals surface area contributed by atoms with Gasteiger partial charge in [0.25, 0.3) is 0 Å². The number of anilines is 1. The fourth-order valence-corrected chi connectivity index (χ4v) is 2.06. The second-order valence-electron chi connectivity index (χ2n) is 3.16. The lowest BCUT2D eigenvalue weighted by atomic mass is 10.5. The van der Waals surface area contributed by atoms with Crippen LogP contribution in [0.5, 0.6) is 0 Å². The molecule has 0 amide bonds. The average Bonchev–Trinajstić information content (AvgIpc) is 2.29. The highest BCUT2D eigenvalue weighted by molar-refractivity contribution is 7.99. The van der Waals surface area contributed by atoms with Gasteiger partial charge in [0.1, 0.15) is 21.7 Å². The Hall–Kier alpha value is -1.62. The molecule has 0 fully saturated rings. The fourth-order valence-electron chi connectivity index (χ4n) is 1.24. The van der Waals surface area contributed by atoms with Gasteiger partial charge in [-0.2, -0.15) is 0 Å². The summed E-state index contributed by atoms with van der Waals surface area (Å²) in [5.41, 5.74) is 0. The molecule has 5 heteroatoms. The number of hydrogen-bond acceptors (Lipinski definition) is 5. The monoisotopic (exact) mass is 232 g/mol. The molecular weight excluding hydrogens is 220 g/mol. The molecule has 0 aliphatic heterocycles. The van der Waals surface area contributed by atoms with Crippen molar-refractivity contribution in [1.82, 2.24) is 15.0 Å². The van der Waals surface area contributed by atoms with Gasteiger partial charge in [-0.15, -0.1) is 0 Å². The fraction of sp³-hybridized carbons (Fsp3) is 0.182. The van der Waals surface area contributed by atoms with E-state index in [0.29, 0.717) is 0 Å². The van der Waals surface area contributed by atoms with Crippen LogP contribution in [0.4, 0.5) is 5.82 Å². The van der Waals surface area contributed by atoms with Gasteiger partial charge in [0, 0.05) is 19.3 Å². The minimum Gasteiger partial charge on any atom is -0.373 e. The van der Waals surface area contributed by atoms with Gasteiger partial charge in [0.05, 0.1) is 0 Å². The van der Waals surface area contributed by atoms with Crippen molar-refractivity contribution in [2.45, 2.75) is 17.0 Å². The number of rotatable bonds is 3. The molecule has 2 heterocycles. The van der Waals surface area contributed by atoms with E-state index < -0.39 is 0 Å². The third-order valence-electron chi connectivity index (χ3n) is 1.92. The standard InChI is InChI=1S/C11H12N4S/c1-8-14-9(12-2)7-11(15-8)16-10-5-3-4-6-13-10/h3-7H,1-2H3,(H,12,14,15). The normalized spacial score (nSPS) is 10.1. The van der Waals surface area contributed by atoms with Crippen molar-refractivity contribution in [3.05, 3.63) is 36.3 Å². The molecule has 0 spiro atoms. The van der Waals surface area contributed by atoms with Crippen LogP contribution < -0.4 is 5.32 Å². The minimum atomic E-state index is 0.755. The topological polar surface area (TPSA) is 50.7 Å². The van der Waals surface area contributed by atoms with Gasteiger partial charge in [-0.25, -0.2) is 15.0 Å². The maximum atomic E-state index is 4.35. The van der Waals surface area contributed by atoms with E-state index in [1.54, 1.807) is 6.20 Å². The van der Waals surface area contributed by atoms with Crippen molar-refractivity contribution in [2.75, 3.05) is 12.4 Å². The molecule has 0 aliphatic carbocycles. The van der Waals surface area contributed by atoms with Crippen molar-refractivity contribution < 1.29 is 0 Å². The third kappa shape index (κ3) is 2.70. The van der Waals surface area contributed by atoms with Gasteiger partial charge >= 0.3 is 0 Å². The zero-order valence-electron chi connectivity index (χ0n) is 9.14. The molecule has 0 aliphatic rings. The van der Waals surface area contributed by atoms with Gasteiger partial charge in [0.15, 0.2) is 0 Å². The second kappa shape index (κ2) is 4.94. The van der Waals surface area contributed by atoms with E-state index in [1.165, 1.54) is 11.8 Å². The van der Waals surface area contributed by atoms with Crippen molar-refractivity contribution in [1.29, 1.82) is 0 Å². The molecule has 2 aromatic heterocycles. The number of nitrogens with zero attached hydrogens (tertiary/aromatic N) is 3. The molecule has 0 bridgehead atoms. The maximum absolute atomic E-state index is 4.35. The highest BCUT2D eigenvalue weighted by atomic mass is 32.2. The van der Waals surface area contributed by atoms with Crippen molar-refractivity contribution in [2.24, 2.45) is 0 Å². The SMILES string of the molecule is CNc1cc(Sc2ccccn2)nc(C)n1. The quantitative estimate of drug-likeness (QED) is 0.823. The van der Waals surface area contributed by atoms with Crippen LogP contribution in [-0.2, 0) is 0 Å². The molecule has 2 aromatic rings. The Morgan fingerprint density at radius 3 is 2.75 bits per heavy atom. The van der Waals surface area contributed by atoms with E-state index in [-0.39, 0.29) is 0 Å². The first-order chi connectivity index (χ1) is 7.78. The van der Waals surface area contributed by atoms with Crippen LogP contribution in [0.2, 0.25) is 0 Å². The molecule has 16 heavy (non-hydrogen) atoms. The van der Waals surface area contributed by atoms with Gasteiger partial charge in [0.2, 0.25) is 0 Å². The average molecular weight is 232 g/mol. The first-order valence-electron chi connectivity index (χ1n) is 4.90. The molecule has 4 nitrogen and oxygen atoms in total. The van der Waals surface area contributed by atoms with Crippen LogP contribution in [0.25, 0.3) is 0 Å². The maximum Gasteiger partial charge on any atom is 0.130 e. The van der Waals surface area contributed by atoms with Crippen molar-refractivity contribution in [3.8, 4) is 0 Å². The van der Waals surface area contributed by atoms with E-state index in [4.69, 9.17) is 0 Å². The first kappa shape index (κ1) is 10.9. The predicted molar refractivity (Wildman–Crippen MR) is 64.7 cm³/mol. The largest absolute Gasteiger partial charge is 0.373 e. The molecule has 0 radical (unpaired) electrons. The molecule has 2 rings (SSSR count). The Morgan fingerprint density at radius 2 is 2.06 bits per heavy atom. The molecule has 0 atom stereocenters. The summed E-state index contributed by atoms with van der Waals surface area (Å²) in [5, 5.41) is 4.84. The van der Waals surface area contributed by atoms with E-state index in [1.807, 2.05) is 38.2 Å². The third-order valence-corrected chi connectivity index (χ3v) is 2.79. The summed E-state index contributed by atoms with van der Waals surface area (Å²) in [6, 6.07) is 7.73. The predicted octanol–water partition coefficient (Wildman–Crippen LogP) is 2.37. The highest BCUT2D eigenvalue weighted by Gasteiger charge is 2.03. The number of nitrogens with one attached hydrogen (secondary N) is 1. The summed E-state index contributed by atoms with van der Waals surface area (Å²) < 4.78 is 0. The summed E-state index contributed by atoms with van der Waals surface area (Å²) in [6.45, 7) is 1.88. The van der Waals surface area contributed by atoms with Crippen LogP contribution in [0.1, 0.15) is 5.82 Å². The van der Waals surface area contributed by atoms with Gasteiger partial charge < -0.3 is 5.32 Å². The lowest BCUT2D eigenvalue weighted by Gasteiger charge is -2.04. The Labute approximate surface area is 98.6 Å². The summed E-state index contributed by atoms with van der Waals surface area (Å²) in [7, 11) is 1.84. The lowest BCUT2D eigenvalue weighted by Crippen LogP contribution is -1.97. The van der Waals surface area contributed by atoms with Crippen LogP contribution in [0.15, 0.2) is 40.5 Å². The molecule has 0 saturated carbocycles. The van der Waals surface area contributed by atoms with E-state index in [9.17, 15) is 0 Å². The number of hydrogen-bond donors (Lipinski definition) is 1. The zero-order valence-corrected chi connectivity index (χ0v) is 9.95. The molecule has 0 saturated heterocycles. The van der Waals surface area contributed by atoms with Crippen LogP contribution in [-0.4, -0.2) is 22.0 Å². The summed E-state index contributed by atoms with van der Waals surface area (Å²) >= 11 is 1.53. The van der Waals surface area contributed by atoms with Gasteiger partial charge in [-0.05, 0) is 30.8 Å². The number of pyridine rings is 1. The van der Waals surface area contributed by atoms with E-state index in [0.717, 1.165) is 21.7 Å². The summed E-state index contributed by atoms with van der Waals surface area (Å²) in [6.07, 6.45) is 1.77. The van der Waals surface area contributed by atoms with Crippen LogP contribution in [0, 0.1) is 6.92 Å². The van der Waals surface area contributed by atoms with Gasteiger partial charge in [-0.3, -0.25) is 0 Å². The van der Waals surface area contributed by atoms with Gasteiger partial charge in [-0.1, -0.05) is 6.07 Å². The van der Waals surface area contributed by atoms with Crippen molar-refractivity contribution >= 4 is 17.6 Å². The molecule has 82 valence electrons. The molecule has 0 unspecified atom stereocenters. The first-order valence-corrected chi connectivity index (χ1v) is 5.72. The smallest absolute Gasteiger partial charge is 0.130 e. The van der Waals surface area contributed by atoms with Crippen molar-refractivity contribution in [3.63, 3.8) is 0 Å². The summed E-state index contributed by atoms with van der Waals surface area (Å²) in [5.74, 6) is 1.58. The zero-order chi connectivity index (χ0) is 11.4. The molecular formula is C11H12N4S. The van der Waals surface area contributed by atoms with Crippen LogP contribution in [0.3, 0.4) is 0 Å². The number of aryl methyl sites for hydroxylation is 1. The minimum absolute atomic E-state index is 0.755. The highest BCUT2D eigenvalue weighted by Crippen LogP contribution is 2.25. The molecule has 0 aromatic carbocycles.